The zero-order valence-electron chi connectivity index (χ0n) is 10.1. The summed E-state index contributed by atoms with van der Waals surface area (Å²) in [7, 11) is 0. The number of carbonyl (C=O) groups excluding carboxylic acids is 2. The largest absolute Gasteiger partial charge is 0.480 e. The number of furan rings is 1. The Morgan fingerprint density at radius 3 is 2.58 bits per heavy atom. The highest BCUT2D eigenvalue weighted by molar-refractivity contribution is 5.95. The van der Waals surface area contributed by atoms with Crippen molar-refractivity contribution in [2.75, 3.05) is 6.54 Å². The standard InChI is InChI=1S/C12H14N2O5/c15-9(14-12(11(17)18)4-2-5-12)7-13-10(16)8-3-1-6-19-8/h1,3,6H,2,4-5,7H2,(H,13,16)(H,14,15)(H,17,18). The molecule has 1 aliphatic carbocycles. The molecule has 0 unspecified atom stereocenters. The van der Waals surface area contributed by atoms with Gasteiger partial charge in [0.2, 0.25) is 5.91 Å². The average Bonchev–Trinajstić information content (AvgIpc) is 2.84. The second kappa shape index (κ2) is 5.13. The number of rotatable bonds is 5. The molecule has 1 saturated carbocycles. The lowest BCUT2D eigenvalue weighted by Crippen LogP contribution is -2.60. The van der Waals surface area contributed by atoms with Crippen molar-refractivity contribution in [3.63, 3.8) is 0 Å². The van der Waals surface area contributed by atoms with Gasteiger partial charge in [-0.2, -0.15) is 0 Å². The smallest absolute Gasteiger partial charge is 0.329 e. The summed E-state index contributed by atoms with van der Waals surface area (Å²) in [5.41, 5.74) is -1.16. The average molecular weight is 266 g/mol. The predicted octanol–water partition coefficient (Wildman–Crippen LogP) is 0.133. The molecule has 0 bridgehead atoms. The molecule has 0 radical (unpaired) electrons. The van der Waals surface area contributed by atoms with Gasteiger partial charge < -0.3 is 20.2 Å². The molecule has 102 valence electrons. The molecule has 1 aliphatic rings. The van der Waals surface area contributed by atoms with Gasteiger partial charge in [-0.25, -0.2) is 4.79 Å². The highest BCUT2D eigenvalue weighted by Crippen LogP contribution is 2.31. The number of aliphatic carboxylic acids is 1. The first-order valence-electron chi connectivity index (χ1n) is 5.90. The van der Waals surface area contributed by atoms with E-state index in [-0.39, 0.29) is 12.3 Å². The van der Waals surface area contributed by atoms with Crippen LogP contribution in [0.1, 0.15) is 29.8 Å². The van der Waals surface area contributed by atoms with Crippen molar-refractivity contribution in [1.29, 1.82) is 0 Å². The maximum Gasteiger partial charge on any atom is 0.329 e. The number of hydrogen-bond donors (Lipinski definition) is 3. The Hall–Kier alpha value is -2.31. The van der Waals surface area contributed by atoms with E-state index in [1.165, 1.54) is 12.3 Å². The van der Waals surface area contributed by atoms with Crippen LogP contribution in [0.4, 0.5) is 0 Å². The summed E-state index contributed by atoms with van der Waals surface area (Å²) in [5.74, 6) is -1.98. The molecule has 3 N–H and O–H groups in total. The van der Waals surface area contributed by atoms with E-state index in [9.17, 15) is 14.4 Å². The van der Waals surface area contributed by atoms with Crippen LogP contribution in [0, 0.1) is 0 Å². The summed E-state index contributed by atoms with van der Waals surface area (Å²) in [5, 5.41) is 13.8. The van der Waals surface area contributed by atoms with Crippen molar-refractivity contribution in [2.24, 2.45) is 0 Å². The topological polar surface area (TPSA) is 109 Å². The second-order valence-corrected chi connectivity index (χ2v) is 4.45. The molecular formula is C12H14N2O5. The molecule has 1 fully saturated rings. The minimum atomic E-state index is -1.16. The molecule has 1 heterocycles. The van der Waals surface area contributed by atoms with Crippen molar-refractivity contribution in [1.82, 2.24) is 10.6 Å². The second-order valence-electron chi connectivity index (χ2n) is 4.45. The van der Waals surface area contributed by atoms with Gasteiger partial charge in [0, 0.05) is 0 Å². The van der Waals surface area contributed by atoms with E-state index >= 15 is 0 Å². The van der Waals surface area contributed by atoms with Crippen LogP contribution in [-0.2, 0) is 9.59 Å². The van der Waals surface area contributed by atoms with E-state index in [1.807, 2.05) is 0 Å². The number of carboxylic acids is 1. The van der Waals surface area contributed by atoms with E-state index < -0.39 is 23.3 Å². The highest BCUT2D eigenvalue weighted by atomic mass is 16.4. The Morgan fingerprint density at radius 1 is 1.37 bits per heavy atom. The van der Waals surface area contributed by atoms with Crippen LogP contribution in [0.2, 0.25) is 0 Å². The minimum Gasteiger partial charge on any atom is -0.480 e. The summed E-state index contributed by atoms with van der Waals surface area (Å²) in [4.78, 5) is 34.1. The van der Waals surface area contributed by atoms with Gasteiger partial charge in [0.15, 0.2) is 5.76 Å². The molecule has 19 heavy (non-hydrogen) atoms. The Balaban J connectivity index is 1.82. The van der Waals surface area contributed by atoms with Crippen LogP contribution >= 0.6 is 0 Å². The van der Waals surface area contributed by atoms with E-state index in [0.717, 1.165) is 6.42 Å². The van der Waals surface area contributed by atoms with Gasteiger partial charge in [-0.1, -0.05) is 0 Å². The number of hydrogen-bond acceptors (Lipinski definition) is 4. The predicted molar refractivity (Wildman–Crippen MR) is 63.4 cm³/mol. The fourth-order valence-electron chi connectivity index (χ4n) is 1.89. The van der Waals surface area contributed by atoms with Gasteiger partial charge >= 0.3 is 5.97 Å². The first-order valence-corrected chi connectivity index (χ1v) is 5.90. The van der Waals surface area contributed by atoms with Crippen molar-refractivity contribution in [2.45, 2.75) is 24.8 Å². The maximum absolute atomic E-state index is 11.6. The fraction of sp³-hybridized carbons (Fsp3) is 0.417. The Morgan fingerprint density at radius 2 is 2.11 bits per heavy atom. The number of amides is 2. The maximum atomic E-state index is 11.6. The summed E-state index contributed by atoms with van der Waals surface area (Å²) in [6, 6.07) is 3.03. The molecule has 1 aromatic heterocycles. The van der Waals surface area contributed by atoms with Crippen LogP contribution in [-0.4, -0.2) is 35.0 Å². The van der Waals surface area contributed by atoms with E-state index in [2.05, 4.69) is 10.6 Å². The van der Waals surface area contributed by atoms with E-state index in [0.29, 0.717) is 12.8 Å². The first kappa shape index (κ1) is 13.1. The monoisotopic (exact) mass is 266 g/mol. The lowest BCUT2D eigenvalue weighted by atomic mass is 9.77. The first-order chi connectivity index (χ1) is 9.03. The molecule has 0 spiro atoms. The van der Waals surface area contributed by atoms with E-state index in [4.69, 9.17) is 9.52 Å². The van der Waals surface area contributed by atoms with Crippen LogP contribution in [0.5, 0.6) is 0 Å². The summed E-state index contributed by atoms with van der Waals surface area (Å²) in [6.45, 7) is -0.283. The normalized spacial score (nSPS) is 16.2. The van der Waals surface area contributed by atoms with Gasteiger partial charge in [-0.05, 0) is 31.4 Å². The summed E-state index contributed by atoms with van der Waals surface area (Å²) < 4.78 is 4.86. The van der Waals surface area contributed by atoms with Gasteiger partial charge in [0.1, 0.15) is 5.54 Å². The molecule has 0 aromatic carbocycles. The van der Waals surface area contributed by atoms with Crippen LogP contribution in [0.25, 0.3) is 0 Å². The zero-order valence-corrected chi connectivity index (χ0v) is 10.1. The van der Waals surface area contributed by atoms with Crippen molar-refractivity contribution < 1.29 is 23.9 Å². The lowest BCUT2D eigenvalue weighted by molar-refractivity contribution is -0.151. The minimum absolute atomic E-state index is 0.101. The van der Waals surface area contributed by atoms with Crippen molar-refractivity contribution >= 4 is 17.8 Å². The van der Waals surface area contributed by atoms with Gasteiger partial charge in [0.05, 0.1) is 12.8 Å². The summed E-state index contributed by atoms with van der Waals surface area (Å²) >= 11 is 0. The summed E-state index contributed by atoms with van der Waals surface area (Å²) in [6.07, 6.45) is 2.95. The number of carbonyl (C=O) groups is 3. The number of carboxylic acid groups (broad SMARTS) is 1. The highest BCUT2D eigenvalue weighted by Gasteiger charge is 2.45. The molecule has 0 atom stereocenters. The van der Waals surface area contributed by atoms with Crippen molar-refractivity contribution in [3.8, 4) is 0 Å². The number of nitrogens with one attached hydrogen (secondary N) is 2. The third-order valence-corrected chi connectivity index (χ3v) is 3.15. The molecular weight excluding hydrogens is 252 g/mol. The van der Waals surface area contributed by atoms with Gasteiger partial charge in [0.25, 0.3) is 5.91 Å². The van der Waals surface area contributed by atoms with Gasteiger partial charge in [-0.3, -0.25) is 9.59 Å². The Kier molecular flexibility index (Phi) is 3.55. The molecule has 0 aliphatic heterocycles. The van der Waals surface area contributed by atoms with Gasteiger partial charge in [-0.15, -0.1) is 0 Å². The zero-order chi connectivity index (χ0) is 13.9. The SMILES string of the molecule is O=C(CNC(=O)c1ccco1)NC1(C(=O)O)CCC1. The Bertz CT molecular complexity index is 490. The van der Waals surface area contributed by atoms with E-state index in [1.54, 1.807) is 6.07 Å². The van der Waals surface area contributed by atoms with Crippen molar-refractivity contribution in [3.05, 3.63) is 24.2 Å². The van der Waals surface area contributed by atoms with Crippen LogP contribution < -0.4 is 10.6 Å². The molecule has 7 nitrogen and oxygen atoms in total. The van der Waals surface area contributed by atoms with Crippen LogP contribution in [0.15, 0.2) is 22.8 Å². The molecule has 2 rings (SSSR count). The fourth-order valence-corrected chi connectivity index (χ4v) is 1.89. The lowest BCUT2D eigenvalue weighted by Gasteiger charge is -2.38. The molecule has 7 heteroatoms. The molecule has 2 amide bonds. The van der Waals surface area contributed by atoms with Crippen LogP contribution in [0.3, 0.4) is 0 Å². The molecule has 0 saturated heterocycles. The Labute approximate surface area is 109 Å². The third kappa shape index (κ3) is 2.75. The quantitative estimate of drug-likeness (QED) is 0.702. The third-order valence-electron chi connectivity index (χ3n) is 3.15. The molecule has 1 aromatic rings.